The SMILES string of the molecule is CCCCC(CCC)OCNC(=O)ONN(C)C. The highest BCUT2D eigenvalue weighted by Gasteiger charge is 2.08. The summed E-state index contributed by atoms with van der Waals surface area (Å²) in [7, 11) is 3.46. The standard InChI is InChI=1S/C12H27N3O3/c1-5-7-9-11(8-6-2)17-10-13-12(16)18-14-15(3)4/h11,14H,5-10H2,1-4H3,(H,13,16). The average molecular weight is 261 g/mol. The van der Waals surface area contributed by atoms with Gasteiger partial charge in [-0.3, -0.25) is 5.32 Å². The number of ether oxygens (including phenoxy) is 1. The van der Waals surface area contributed by atoms with Gasteiger partial charge in [0.05, 0.1) is 6.10 Å². The predicted molar refractivity (Wildman–Crippen MR) is 70.6 cm³/mol. The summed E-state index contributed by atoms with van der Waals surface area (Å²) in [6.45, 7) is 4.47. The summed E-state index contributed by atoms with van der Waals surface area (Å²) in [6, 6.07) is 0. The van der Waals surface area contributed by atoms with Gasteiger partial charge in [-0.25, -0.2) is 9.80 Å². The number of unbranched alkanes of at least 4 members (excludes halogenated alkanes) is 1. The van der Waals surface area contributed by atoms with Crippen molar-refractivity contribution in [3.63, 3.8) is 0 Å². The van der Waals surface area contributed by atoms with Crippen molar-refractivity contribution in [1.29, 1.82) is 0 Å². The van der Waals surface area contributed by atoms with Gasteiger partial charge in [0.1, 0.15) is 6.73 Å². The highest BCUT2D eigenvalue weighted by molar-refractivity contribution is 5.66. The topological polar surface area (TPSA) is 62.8 Å². The lowest BCUT2D eigenvalue weighted by Crippen LogP contribution is -2.38. The molecule has 0 saturated heterocycles. The fraction of sp³-hybridized carbons (Fsp3) is 0.917. The normalized spacial score (nSPS) is 12.5. The number of amides is 1. The molecule has 1 atom stereocenters. The highest BCUT2D eigenvalue weighted by atomic mass is 16.7. The molecule has 0 aliphatic carbocycles. The maximum atomic E-state index is 11.2. The number of rotatable bonds is 10. The van der Waals surface area contributed by atoms with Crippen LogP contribution in [0.2, 0.25) is 0 Å². The van der Waals surface area contributed by atoms with Crippen molar-refractivity contribution in [2.45, 2.75) is 52.1 Å². The van der Waals surface area contributed by atoms with Gasteiger partial charge in [0, 0.05) is 14.1 Å². The molecule has 2 N–H and O–H groups in total. The number of carbonyl (C=O) groups is 1. The quantitative estimate of drug-likeness (QED) is 0.465. The Morgan fingerprint density at radius 3 is 2.50 bits per heavy atom. The fourth-order valence-corrected chi connectivity index (χ4v) is 1.45. The van der Waals surface area contributed by atoms with Gasteiger partial charge in [0.25, 0.3) is 0 Å². The van der Waals surface area contributed by atoms with Gasteiger partial charge in [0.2, 0.25) is 0 Å². The zero-order chi connectivity index (χ0) is 13.8. The molecule has 108 valence electrons. The summed E-state index contributed by atoms with van der Waals surface area (Å²) in [5.74, 6) is 0. The molecule has 6 heteroatoms. The summed E-state index contributed by atoms with van der Waals surface area (Å²) in [6.07, 6.45) is 5.12. The lowest BCUT2D eigenvalue weighted by atomic mass is 10.1. The van der Waals surface area contributed by atoms with E-state index in [1.807, 2.05) is 0 Å². The van der Waals surface area contributed by atoms with Crippen LogP contribution < -0.4 is 10.9 Å². The smallest absolute Gasteiger partial charge is 0.358 e. The lowest BCUT2D eigenvalue weighted by molar-refractivity contribution is -0.0190. The largest absolute Gasteiger partial charge is 0.429 e. The lowest BCUT2D eigenvalue weighted by Gasteiger charge is -2.17. The molecule has 0 aromatic carbocycles. The van der Waals surface area contributed by atoms with Crippen LogP contribution in [0, 0.1) is 0 Å². The fourth-order valence-electron chi connectivity index (χ4n) is 1.45. The summed E-state index contributed by atoms with van der Waals surface area (Å²) in [4.78, 5) is 15.9. The van der Waals surface area contributed by atoms with Crippen molar-refractivity contribution in [3.8, 4) is 0 Å². The number of hydrazine groups is 1. The van der Waals surface area contributed by atoms with Crippen molar-refractivity contribution >= 4 is 6.09 Å². The molecule has 1 amide bonds. The van der Waals surface area contributed by atoms with Crippen molar-refractivity contribution in [2.75, 3.05) is 20.8 Å². The van der Waals surface area contributed by atoms with Crippen LogP contribution in [0.3, 0.4) is 0 Å². The van der Waals surface area contributed by atoms with E-state index in [1.54, 1.807) is 14.1 Å². The van der Waals surface area contributed by atoms with Gasteiger partial charge in [0.15, 0.2) is 0 Å². The third kappa shape index (κ3) is 10.3. The van der Waals surface area contributed by atoms with Crippen LogP contribution in [0.1, 0.15) is 46.0 Å². The number of hydrogen-bond acceptors (Lipinski definition) is 5. The van der Waals surface area contributed by atoms with E-state index < -0.39 is 6.09 Å². The van der Waals surface area contributed by atoms with Crippen LogP contribution in [0.15, 0.2) is 0 Å². The van der Waals surface area contributed by atoms with E-state index >= 15 is 0 Å². The third-order valence-electron chi connectivity index (χ3n) is 2.35. The number of nitrogens with zero attached hydrogens (tertiary/aromatic N) is 1. The van der Waals surface area contributed by atoms with Crippen LogP contribution in [-0.4, -0.2) is 38.0 Å². The Morgan fingerprint density at radius 1 is 1.22 bits per heavy atom. The van der Waals surface area contributed by atoms with E-state index in [0.717, 1.165) is 32.1 Å². The molecule has 0 aliphatic heterocycles. The van der Waals surface area contributed by atoms with Gasteiger partial charge in [-0.15, -0.1) is 0 Å². The Morgan fingerprint density at radius 2 is 1.94 bits per heavy atom. The van der Waals surface area contributed by atoms with Crippen LogP contribution in [0.5, 0.6) is 0 Å². The Balaban J connectivity index is 3.66. The molecule has 0 spiro atoms. The molecule has 0 aromatic rings. The van der Waals surface area contributed by atoms with Crippen LogP contribution in [0.25, 0.3) is 0 Å². The first-order chi connectivity index (χ1) is 8.60. The van der Waals surface area contributed by atoms with Crippen LogP contribution in [-0.2, 0) is 9.57 Å². The van der Waals surface area contributed by atoms with E-state index in [-0.39, 0.29) is 12.8 Å². The molecule has 0 bridgehead atoms. The average Bonchev–Trinajstić information content (AvgIpc) is 2.33. The summed E-state index contributed by atoms with van der Waals surface area (Å²) >= 11 is 0. The maximum absolute atomic E-state index is 11.2. The Hall–Kier alpha value is -0.850. The molecule has 6 nitrogen and oxygen atoms in total. The molecule has 18 heavy (non-hydrogen) atoms. The van der Waals surface area contributed by atoms with Gasteiger partial charge < -0.3 is 9.57 Å². The van der Waals surface area contributed by atoms with Gasteiger partial charge in [-0.2, -0.15) is 0 Å². The van der Waals surface area contributed by atoms with E-state index in [1.165, 1.54) is 5.01 Å². The van der Waals surface area contributed by atoms with E-state index in [9.17, 15) is 4.79 Å². The number of hydrogen-bond donors (Lipinski definition) is 2. The molecule has 0 rings (SSSR count). The highest BCUT2D eigenvalue weighted by Crippen LogP contribution is 2.10. The number of carbonyl (C=O) groups excluding carboxylic acids is 1. The van der Waals surface area contributed by atoms with Crippen molar-refractivity contribution in [2.24, 2.45) is 0 Å². The third-order valence-corrected chi connectivity index (χ3v) is 2.35. The summed E-state index contributed by atoms with van der Waals surface area (Å²) < 4.78 is 5.61. The summed E-state index contributed by atoms with van der Waals surface area (Å²) in [5, 5.41) is 4.06. The minimum absolute atomic E-state index is 0.183. The minimum Gasteiger partial charge on any atom is -0.358 e. The van der Waals surface area contributed by atoms with E-state index in [2.05, 4.69) is 29.6 Å². The molecule has 0 aliphatic rings. The molecule has 0 fully saturated rings. The molecule has 0 saturated carbocycles. The molecule has 0 radical (unpaired) electrons. The Bertz CT molecular complexity index is 213. The van der Waals surface area contributed by atoms with Crippen molar-refractivity contribution < 1.29 is 14.4 Å². The first-order valence-corrected chi connectivity index (χ1v) is 6.59. The minimum atomic E-state index is -0.547. The van der Waals surface area contributed by atoms with Gasteiger partial charge >= 0.3 is 6.09 Å². The Kier molecular flexibility index (Phi) is 10.7. The van der Waals surface area contributed by atoms with Crippen LogP contribution in [0.4, 0.5) is 4.79 Å². The first kappa shape index (κ1) is 17.2. The van der Waals surface area contributed by atoms with E-state index in [4.69, 9.17) is 4.74 Å². The molecular formula is C12H27N3O3. The molecular weight excluding hydrogens is 234 g/mol. The predicted octanol–water partition coefficient (Wildman–Crippen LogP) is 2.03. The zero-order valence-electron chi connectivity index (χ0n) is 12.0. The molecule has 0 aromatic heterocycles. The molecule has 1 unspecified atom stereocenters. The second-order valence-corrected chi connectivity index (χ2v) is 4.42. The monoisotopic (exact) mass is 261 g/mol. The first-order valence-electron chi connectivity index (χ1n) is 6.59. The van der Waals surface area contributed by atoms with Crippen LogP contribution >= 0.6 is 0 Å². The van der Waals surface area contributed by atoms with Crippen molar-refractivity contribution in [3.05, 3.63) is 0 Å². The van der Waals surface area contributed by atoms with Gasteiger partial charge in [-0.05, 0) is 12.8 Å². The van der Waals surface area contributed by atoms with Crippen molar-refractivity contribution in [1.82, 2.24) is 15.9 Å². The summed E-state index contributed by atoms with van der Waals surface area (Å²) in [5.41, 5.74) is 2.41. The zero-order valence-corrected chi connectivity index (χ0v) is 12.0. The maximum Gasteiger partial charge on any atom is 0.429 e. The van der Waals surface area contributed by atoms with E-state index in [0.29, 0.717) is 0 Å². The number of nitrogens with one attached hydrogen (secondary N) is 2. The van der Waals surface area contributed by atoms with Gasteiger partial charge in [-0.1, -0.05) is 38.7 Å². The second kappa shape index (κ2) is 11.3. The second-order valence-electron chi connectivity index (χ2n) is 4.42. The molecule has 0 heterocycles. The Labute approximate surface area is 110 Å².